The number of aryl methyl sites for hydroxylation is 3. The molecule has 0 aliphatic heterocycles. The molecular weight excluding hydrogens is 348 g/mol. The molecular formula is C24H22N2O2. The van der Waals surface area contributed by atoms with Crippen LogP contribution in [-0.4, -0.2) is 10.9 Å². The summed E-state index contributed by atoms with van der Waals surface area (Å²) in [6.07, 6.45) is 1.60. The first kappa shape index (κ1) is 18.0. The Kier molecular flexibility index (Phi) is 4.70. The van der Waals surface area contributed by atoms with Crippen molar-refractivity contribution in [2.75, 3.05) is 0 Å². The molecule has 0 saturated carbocycles. The first-order chi connectivity index (χ1) is 13.5. The number of benzene rings is 2. The van der Waals surface area contributed by atoms with E-state index in [9.17, 15) is 4.79 Å². The van der Waals surface area contributed by atoms with E-state index >= 15 is 0 Å². The minimum absolute atomic E-state index is 0.139. The fraction of sp³-hybridized carbons (Fsp3) is 0.167. The fourth-order valence-electron chi connectivity index (χ4n) is 3.30. The van der Waals surface area contributed by atoms with Gasteiger partial charge in [-0.3, -0.25) is 4.79 Å². The molecule has 0 fully saturated rings. The van der Waals surface area contributed by atoms with Crippen molar-refractivity contribution in [1.29, 1.82) is 0 Å². The number of pyridine rings is 1. The van der Waals surface area contributed by atoms with Crippen LogP contribution in [0, 0.1) is 20.8 Å². The summed E-state index contributed by atoms with van der Waals surface area (Å²) in [5, 5.41) is 3.80. The van der Waals surface area contributed by atoms with Crippen molar-refractivity contribution < 1.29 is 9.21 Å². The maximum atomic E-state index is 13.0. The molecule has 0 aliphatic carbocycles. The predicted octanol–water partition coefficient (Wildman–Crippen LogP) is 5.35. The molecule has 0 aliphatic rings. The third-order valence-electron chi connectivity index (χ3n) is 5.09. The molecule has 0 bridgehead atoms. The number of fused-ring (bicyclic) bond motifs is 1. The highest BCUT2D eigenvalue weighted by atomic mass is 16.3. The third-order valence-corrected chi connectivity index (χ3v) is 5.09. The summed E-state index contributed by atoms with van der Waals surface area (Å²) in [6.45, 7) is 6.54. The van der Waals surface area contributed by atoms with Gasteiger partial charge in [0.15, 0.2) is 0 Å². The smallest absolute Gasteiger partial charge is 0.252 e. The van der Waals surface area contributed by atoms with Gasteiger partial charge < -0.3 is 9.73 Å². The summed E-state index contributed by atoms with van der Waals surface area (Å²) < 4.78 is 5.32. The summed E-state index contributed by atoms with van der Waals surface area (Å²) in [4.78, 5) is 17.9. The summed E-state index contributed by atoms with van der Waals surface area (Å²) in [5.74, 6) is 0.580. The molecule has 4 heteroatoms. The Balaban J connectivity index is 1.80. The van der Waals surface area contributed by atoms with Crippen molar-refractivity contribution in [2.24, 2.45) is 0 Å². The van der Waals surface area contributed by atoms with Crippen LogP contribution in [0.15, 0.2) is 65.3 Å². The highest BCUT2D eigenvalue weighted by molar-refractivity contribution is 6.07. The Morgan fingerprint density at radius 2 is 1.82 bits per heavy atom. The van der Waals surface area contributed by atoms with E-state index in [0.29, 0.717) is 12.1 Å². The molecule has 140 valence electrons. The van der Waals surface area contributed by atoms with E-state index in [2.05, 4.69) is 37.4 Å². The molecule has 2 heterocycles. The van der Waals surface area contributed by atoms with Crippen LogP contribution in [0.25, 0.3) is 22.2 Å². The number of para-hydroxylation sites is 1. The van der Waals surface area contributed by atoms with Gasteiger partial charge in [0, 0.05) is 10.9 Å². The van der Waals surface area contributed by atoms with E-state index in [0.717, 1.165) is 33.5 Å². The van der Waals surface area contributed by atoms with Crippen molar-refractivity contribution in [3.05, 3.63) is 88.9 Å². The van der Waals surface area contributed by atoms with Gasteiger partial charge in [-0.15, -0.1) is 0 Å². The Labute approximate surface area is 164 Å². The first-order valence-corrected chi connectivity index (χ1v) is 9.31. The molecule has 2 aromatic carbocycles. The molecule has 4 nitrogen and oxygen atoms in total. The maximum absolute atomic E-state index is 13.0. The minimum atomic E-state index is -0.139. The lowest BCUT2D eigenvalue weighted by molar-refractivity contribution is 0.0949. The van der Waals surface area contributed by atoms with Crippen molar-refractivity contribution >= 4 is 16.8 Å². The van der Waals surface area contributed by atoms with E-state index in [-0.39, 0.29) is 5.91 Å². The number of carbonyl (C=O) groups is 1. The highest BCUT2D eigenvalue weighted by Gasteiger charge is 2.15. The average molecular weight is 370 g/mol. The van der Waals surface area contributed by atoms with Crippen LogP contribution in [0.5, 0.6) is 0 Å². The van der Waals surface area contributed by atoms with Crippen molar-refractivity contribution in [2.45, 2.75) is 27.3 Å². The van der Waals surface area contributed by atoms with Gasteiger partial charge in [-0.1, -0.05) is 30.3 Å². The quantitative estimate of drug-likeness (QED) is 0.527. The predicted molar refractivity (Wildman–Crippen MR) is 111 cm³/mol. The zero-order valence-corrected chi connectivity index (χ0v) is 16.2. The third kappa shape index (κ3) is 3.41. The van der Waals surface area contributed by atoms with Gasteiger partial charge in [-0.2, -0.15) is 0 Å². The van der Waals surface area contributed by atoms with Gasteiger partial charge in [0.05, 0.1) is 29.6 Å². The lowest BCUT2D eigenvalue weighted by Crippen LogP contribution is -2.23. The Hall–Kier alpha value is -3.40. The molecule has 4 aromatic rings. The lowest BCUT2D eigenvalue weighted by atomic mass is 9.99. The van der Waals surface area contributed by atoms with Gasteiger partial charge in [-0.25, -0.2) is 4.98 Å². The van der Waals surface area contributed by atoms with Crippen LogP contribution >= 0.6 is 0 Å². The number of rotatable bonds is 4. The number of nitrogens with zero attached hydrogens (tertiary/aromatic N) is 1. The number of carbonyl (C=O) groups excluding carboxylic acids is 1. The number of furan rings is 1. The normalized spacial score (nSPS) is 11.0. The summed E-state index contributed by atoms with van der Waals surface area (Å²) in [5.41, 5.74) is 6.75. The largest absolute Gasteiger partial charge is 0.467 e. The molecule has 0 saturated heterocycles. The second-order valence-corrected chi connectivity index (χ2v) is 7.09. The molecule has 1 amide bonds. The topological polar surface area (TPSA) is 55.1 Å². The van der Waals surface area contributed by atoms with Gasteiger partial charge in [0.2, 0.25) is 0 Å². The van der Waals surface area contributed by atoms with Crippen LogP contribution < -0.4 is 5.32 Å². The van der Waals surface area contributed by atoms with Gasteiger partial charge in [0.1, 0.15) is 5.76 Å². The fourth-order valence-corrected chi connectivity index (χ4v) is 3.30. The van der Waals surface area contributed by atoms with E-state index in [1.54, 1.807) is 6.26 Å². The summed E-state index contributed by atoms with van der Waals surface area (Å²) >= 11 is 0. The van der Waals surface area contributed by atoms with Crippen LogP contribution in [0.3, 0.4) is 0 Å². The van der Waals surface area contributed by atoms with Crippen LogP contribution in [0.2, 0.25) is 0 Å². The first-order valence-electron chi connectivity index (χ1n) is 9.31. The van der Waals surface area contributed by atoms with E-state index < -0.39 is 0 Å². The molecule has 28 heavy (non-hydrogen) atoms. The molecule has 0 spiro atoms. The van der Waals surface area contributed by atoms with Crippen molar-refractivity contribution in [3.63, 3.8) is 0 Å². The molecule has 4 rings (SSSR count). The van der Waals surface area contributed by atoms with E-state index in [4.69, 9.17) is 9.40 Å². The van der Waals surface area contributed by atoms with Crippen LogP contribution in [0.4, 0.5) is 0 Å². The molecule has 2 aromatic heterocycles. The number of nitrogens with one attached hydrogen (secondary N) is 1. The highest BCUT2D eigenvalue weighted by Crippen LogP contribution is 2.28. The zero-order valence-electron chi connectivity index (χ0n) is 16.2. The molecule has 0 atom stereocenters. The van der Waals surface area contributed by atoms with Crippen molar-refractivity contribution in [1.82, 2.24) is 10.3 Å². The lowest BCUT2D eigenvalue weighted by Gasteiger charge is -2.12. The van der Waals surface area contributed by atoms with Gasteiger partial charge in [0.25, 0.3) is 5.91 Å². The number of hydrogen-bond acceptors (Lipinski definition) is 3. The number of hydrogen-bond donors (Lipinski definition) is 1. The Bertz CT molecular complexity index is 1160. The van der Waals surface area contributed by atoms with Crippen LogP contribution in [-0.2, 0) is 6.54 Å². The van der Waals surface area contributed by atoms with Gasteiger partial charge in [-0.05, 0) is 61.7 Å². The van der Waals surface area contributed by atoms with E-state index in [1.165, 1.54) is 11.1 Å². The monoisotopic (exact) mass is 370 g/mol. The summed E-state index contributed by atoms with van der Waals surface area (Å²) in [6, 6.07) is 17.7. The number of amides is 1. The maximum Gasteiger partial charge on any atom is 0.252 e. The average Bonchev–Trinajstić information content (AvgIpc) is 3.21. The zero-order chi connectivity index (χ0) is 19.7. The summed E-state index contributed by atoms with van der Waals surface area (Å²) in [7, 11) is 0. The van der Waals surface area contributed by atoms with E-state index in [1.807, 2.05) is 43.3 Å². The van der Waals surface area contributed by atoms with Crippen molar-refractivity contribution in [3.8, 4) is 11.3 Å². The van der Waals surface area contributed by atoms with Crippen LogP contribution in [0.1, 0.15) is 32.8 Å². The molecule has 0 radical (unpaired) electrons. The van der Waals surface area contributed by atoms with Gasteiger partial charge >= 0.3 is 0 Å². The Morgan fingerprint density at radius 3 is 2.57 bits per heavy atom. The standard InChI is InChI=1S/C24H22N2O2/c1-15-9-10-18(12-17(15)3)22-13-21(20-8-4-6-16(2)23(20)26-22)24(27)25-14-19-7-5-11-28-19/h4-13H,14H2,1-3H3,(H,25,27). The minimum Gasteiger partial charge on any atom is -0.467 e. The number of aromatic nitrogens is 1. The second-order valence-electron chi connectivity index (χ2n) is 7.09. The SMILES string of the molecule is Cc1ccc(-c2cc(C(=O)NCc3ccco3)c3cccc(C)c3n2)cc1C. The molecule has 0 unspecified atom stereocenters. The Morgan fingerprint density at radius 1 is 0.964 bits per heavy atom. The molecule has 1 N–H and O–H groups in total. The second kappa shape index (κ2) is 7.31.